The summed E-state index contributed by atoms with van der Waals surface area (Å²) < 4.78 is 73.0. The molecule has 0 aliphatic carbocycles. The maximum absolute atomic E-state index is 12.5. The number of phenolic OH excluding ortho intramolecular Hbond substituents is 1. The van der Waals surface area contributed by atoms with Crippen LogP contribution in [-0.2, 0) is 29.6 Å². The molecule has 21 heteroatoms. The first-order chi connectivity index (χ1) is 23.8. The van der Waals surface area contributed by atoms with Crippen molar-refractivity contribution in [2.45, 2.75) is 14.7 Å². The van der Waals surface area contributed by atoms with Crippen LogP contribution in [0.15, 0.2) is 110 Å². The summed E-state index contributed by atoms with van der Waals surface area (Å²) in [7, 11) is -9.83. The van der Waals surface area contributed by atoms with Crippen molar-refractivity contribution >= 4 is 100 Å². The van der Waals surface area contributed by atoms with Gasteiger partial charge in [0.15, 0.2) is 5.75 Å². The monoisotopic (exact) mass is 757 g/mol. The molecular formula is C29H20ClN7O10S3. The number of nitrogens with one attached hydrogen (secondary N) is 2. The molecule has 1 heterocycles. The third-order valence-corrected chi connectivity index (χ3v) is 9.49. The molecule has 256 valence electrons. The molecule has 0 spiro atoms. The van der Waals surface area contributed by atoms with Crippen LogP contribution in [0.4, 0.5) is 34.6 Å². The van der Waals surface area contributed by atoms with E-state index in [-0.39, 0.29) is 43.9 Å². The van der Waals surface area contributed by atoms with E-state index in [1.165, 1.54) is 18.2 Å². The molecular weight excluding hydrogens is 738 g/mol. The van der Waals surface area contributed by atoms with Crippen LogP contribution in [0.5, 0.6) is 5.75 Å². The lowest BCUT2D eigenvalue weighted by molar-refractivity contribution is -0.432. The highest BCUT2D eigenvalue weighted by atomic mass is 35.5. The van der Waals surface area contributed by atoms with E-state index < -0.39 is 41.5 Å². The summed E-state index contributed by atoms with van der Waals surface area (Å²) in [6.07, 6.45) is 0. The van der Waals surface area contributed by atoms with E-state index in [4.69, 9.17) is 16.9 Å². The molecule has 0 fully saturated rings. The van der Waals surface area contributed by atoms with Gasteiger partial charge in [0.1, 0.15) is 21.2 Å². The van der Waals surface area contributed by atoms with E-state index in [2.05, 4.69) is 45.2 Å². The van der Waals surface area contributed by atoms with Gasteiger partial charge in [-0.15, -0.1) is 14.6 Å². The molecule has 0 radical (unpaired) electrons. The summed E-state index contributed by atoms with van der Waals surface area (Å²) in [6, 6.07) is 20.9. The van der Waals surface area contributed by atoms with E-state index in [1.807, 2.05) is 30.3 Å². The Morgan fingerprint density at radius 1 is 0.740 bits per heavy atom. The average Bonchev–Trinajstić information content (AvgIpc) is 3.05. The maximum Gasteiger partial charge on any atom is 0.297 e. The quantitative estimate of drug-likeness (QED) is 0.0248. The Morgan fingerprint density at radius 3 is 2.12 bits per heavy atom. The minimum Gasteiger partial charge on any atom is -0.505 e. The third kappa shape index (κ3) is 7.57. The average molecular weight is 758 g/mol. The maximum atomic E-state index is 12.5. The second-order valence-electron chi connectivity index (χ2n) is 10.0. The first-order valence-corrected chi connectivity index (χ1v) is 17.7. The Hall–Kier alpha value is -5.03. The van der Waals surface area contributed by atoms with E-state index in [0.717, 1.165) is 30.0 Å². The summed E-state index contributed by atoms with van der Waals surface area (Å²) in [5.74, 6) is -0.186. The summed E-state index contributed by atoms with van der Waals surface area (Å²) in [5, 5.41) is 37.8. The number of aromatic hydroxyl groups is 1. The Labute approximate surface area is 291 Å². The van der Waals surface area contributed by atoms with Crippen molar-refractivity contribution in [3.63, 3.8) is 0 Å². The Morgan fingerprint density at radius 2 is 1.44 bits per heavy atom. The number of para-hydroxylation sites is 1. The third-order valence-electron chi connectivity index (χ3n) is 6.84. The number of nitrogens with zero attached hydrogens (tertiary/aromatic N) is 5. The minimum absolute atomic E-state index is 0.0188. The lowest BCUT2D eigenvalue weighted by Gasteiger charge is -2.12. The summed E-state index contributed by atoms with van der Waals surface area (Å²) in [4.78, 5) is 11.1. The normalized spacial score (nSPS) is 12.2. The van der Waals surface area contributed by atoms with E-state index >= 15 is 0 Å². The highest BCUT2D eigenvalue weighted by molar-refractivity contribution is 7.94. The fraction of sp³-hybridized carbons (Fsp3) is 0. The van der Waals surface area contributed by atoms with Crippen LogP contribution in [0.3, 0.4) is 0 Å². The van der Waals surface area contributed by atoms with Gasteiger partial charge >= 0.3 is 0 Å². The first kappa shape index (κ1) is 34.8. The van der Waals surface area contributed by atoms with Gasteiger partial charge < -0.3 is 15.7 Å². The number of phenols is 1. The predicted octanol–water partition coefficient (Wildman–Crippen LogP) is 7.36. The number of aromatic nitrogens is 3. The highest BCUT2D eigenvalue weighted by Gasteiger charge is 2.24. The number of rotatable bonds is 11. The molecule has 6 aromatic rings. The van der Waals surface area contributed by atoms with Crippen LogP contribution in [0.1, 0.15) is 0 Å². The topological polar surface area (TPSA) is 255 Å². The van der Waals surface area contributed by atoms with Crippen molar-refractivity contribution in [3.8, 4) is 5.75 Å². The predicted molar refractivity (Wildman–Crippen MR) is 182 cm³/mol. The van der Waals surface area contributed by atoms with Gasteiger partial charge in [-0.1, -0.05) is 41.4 Å². The molecule has 5 aromatic carbocycles. The largest absolute Gasteiger partial charge is 0.505 e. The first-order valence-electron chi connectivity index (χ1n) is 13.7. The fourth-order valence-electron chi connectivity index (χ4n) is 4.85. The number of hydrogen-bond acceptors (Lipinski definition) is 16. The van der Waals surface area contributed by atoms with E-state index in [1.54, 1.807) is 12.1 Å². The van der Waals surface area contributed by atoms with Gasteiger partial charge in [-0.05, 0) is 65.5 Å². The zero-order chi connectivity index (χ0) is 35.6. The molecule has 6 N–H and O–H groups in total. The molecule has 0 saturated carbocycles. The molecule has 0 saturated heterocycles. The van der Waals surface area contributed by atoms with Gasteiger partial charge in [0, 0.05) is 27.5 Å². The zero-order valence-corrected chi connectivity index (χ0v) is 27.9. The Bertz CT molecular complexity index is 2530. The number of benzene rings is 5. The molecule has 1 aromatic heterocycles. The Balaban J connectivity index is 1.39. The molecule has 0 amide bonds. The summed E-state index contributed by atoms with van der Waals surface area (Å²) >= 11 is 6.54. The molecule has 0 aliphatic heterocycles. The van der Waals surface area contributed by atoms with Gasteiger partial charge in [-0.3, -0.25) is 9.11 Å². The SMILES string of the molecule is O=S(=O)(O)c1cccc2c(S(=O)(=O)O)c(N=Nc3c(SOOO)cc4cc(Nc5nc(Cl)nc(Nc6ccccc6)n5)ccc4c3O)ccc12. The van der Waals surface area contributed by atoms with Crippen LogP contribution in [-0.4, -0.2) is 51.3 Å². The summed E-state index contributed by atoms with van der Waals surface area (Å²) in [6.45, 7) is 0. The number of hydrogen-bond donors (Lipinski definition) is 6. The molecule has 0 unspecified atom stereocenters. The van der Waals surface area contributed by atoms with E-state index in [0.29, 0.717) is 23.1 Å². The van der Waals surface area contributed by atoms with Crippen LogP contribution >= 0.6 is 23.6 Å². The van der Waals surface area contributed by atoms with Crippen LogP contribution < -0.4 is 10.6 Å². The fourth-order valence-corrected chi connectivity index (χ4v) is 7.04. The van der Waals surface area contributed by atoms with Gasteiger partial charge in [-0.2, -0.15) is 31.8 Å². The van der Waals surface area contributed by atoms with Crippen molar-refractivity contribution < 1.29 is 45.7 Å². The molecule has 17 nitrogen and oxygen atoms in total. The van der Waals surface area contributed by atoms with Gasteiger partial charge in [-0.25, -0.2) is 5.26 Å². The van der Waals surface area contributed by atoms with Crippen molar-refractivity contribution in [1.82, 2.24) is 15.0 Å². The number of halogens is 1. The zero-order valence-electron chi connectivity index (χ0n) is 24.7. The van der Waals surface area contributed by atoms with Crippen molar-refractivity contribution in [2.75, 3.05) is 10.6 Å². The number of azo groups is 1. The lowest BCUT2D eigenvalue weighted by Crippen LogP contribution is -2.04. The second kappa shape index (κ2) is 14.1. The summed E-state index contributed by atoms with van der Waals surface area (Å²) in [5.41, 5.74) is 0.455. The van der Waals surface area contributed by atoms with Crippen LogP contribution in [0.2, 0.25) is 5.28 Å². The molecule has 0 atom stereocenters. The van der Waals surface area contributed by atoms with E-state index in [9.17, 15) is 31.0 Å². The number of anilines is 4. The second-order valence-corrected chi connectivity index (χ2v) is 13.8. The van der Waals surface area contributed by atoms with Crippen LogP contribution in [0.25, 0.3) is 21.5 Å². The molecule has 0 bridgehead atoms. The van der Waals surface area contributed by atoms with Gasteiger partial charge in [0.2, 0.25) is 17.2 Å². The lowest BCUT2D eigenvalue weighted by atomic mass is 10.1. The Kier molecular flexibility index (Phi) is 9.80. The number of fused-ring (bicyclic) bond motifs is 2. The van der Waals surface area contributed by atoms with Crippen molar-refractivity contribution in [1.29, 1.82) is 0 Å². The van der Waals surface area contributed by atoms with Crippen molar-refractivity contribution in [3.05, 3.63) is 90.2 Å². The van der Waals surface area contributed by atoms with Gasteiger partial charge in [0.05, 0.1) is 16.9 Å². The smallest absolute Gasteiger partial charge is 0.297 e. The highest BCUT2D eigenvalue weighted by Crippen LogP contribution is 2.45. The molecule has 6 rings (SSSR count). The minimum atomic E-state index is -5.06. The van der Waals surface area contributed by atoms with Crippen molar-refractivity contribution in [2.24, 2.45) is 10.2 Å². The molecule has 0 aliphatic rings. The van der Waals surface area contributed by atoms with Gasteiger partial charge in [0.25, 0.3) is 20.2 Å². The standard InChI is InChI=1S/C29H20ClN7O10S3/c30-27-33-28(31-16-5-2-1-3-6-16)35-29(34-27)32-17-9-10-18-15(13-17)14-22(48-47-46-39)24(25(18)38)37-36-21-12-11-19-20(26(21)50(43,44)45)7-4-8-23(19)49(40,41)42/h1-14,38-39H,(H,40,41,42)(H,43,44,45)(H2,31,32,33,34,35). The molecule has 50 heavy (non-hydrogen) atoms. The van der Waals surface area contributed by atoms with Crippen LogP contribution in [0, 0.1) is 0 Å².